The van der Waals surface area contributed by atoms with E-state index in [4.69, 9.17) is 9.47 Å². The summed E-state index contributed by atoms with van der Waals surface area (Å²) in [5, 5.41) is 0. The van der Waals surface area contributed by atoms with Gasteiger partial charge in [-0.15, -0.1) is 0 Å². The SMILES string of the molecule is COC(=O)[C@]1(c2ccccc2OC)CCC=CC1=O. The predicted octanol–water partition coefficient (Wildman–Crippen LogP) is 2.03. The first-order valence-electron chi connectivity index (χ1n) is 6.09. The molecule has 4 heteroatoms. The summed E-state index contributed by atoms with van der Waals surface area (Å²) in [5.41, 5.74) is -0.713. The topological polar surface area (TPSA) is 52.6 Å². The van der Waals surface area contributed by atoms with E-state index in [-0.39, 0.29) is 5.78 Å². The fourth-order valence-corrected chi connectivity index (χ4v) is 2.51. The number of rotatable bonds is 3. The summed E-state index contributed by atoms with van der Waals surface area (Å²) in [7, 11) is 2.82. The van der Waals surface area contributed by atoms with Gasteiger partial charge >= 0.3 is 5.97 Å². The molecule has 0 spiro atoms. The van der Waals surface area contributed by atoms with Gasteiger partial charge in [-0.1, -0.05) is 24.3 Å². The van der Waals surface area contributed by atoms with E-state index in [9.17, 15) is 9.59 Å². The summed E-state index contributed by atoms with van der Waals surface area (Å²) in [5.74, 6) is -0.266. The molecule has 0 radical (unpaired) electrons. The molecule has 0 aromatic heterocycles. The van der Waals surface area contributed by atoms with Gasteiger partial charge in [-0.2, -0.15) is 0 Å². The maximum absolute atomic E-state index is 12.3. The van der Waals surface area contributed by atoms with E-state index in [1.165, 1.54) is 20.3 Å². The average Bonchev–Trinajstić information content (AvgIpc) is 2.47. The molecular weight excluding hydrogens is 244 g/mol. The quantitative estimate of drug-likeness (QED) is 0.616. The van der Waals surface area contributed by atoms with Crippen LogP contribution >= 0.6 is 0 Å². The number of carbonyl (C=O) groups is 2. The Kier molecular flexibility index (Phi) is 3.69. The minimum atomic E-state index is -1.28. The fraction of sp³-hybridized carbons (Fsp3) is 0.333. The molecule has 0 unspecified atom stereocenters. The molecule has 0 heterocycles. The van der Waals surface area contributed by atoms with Crippen molar-refractivity contribution in [2.24, 2.45) is 0 Å². The first kappa shape index (κ1) is 13.3. The summed E-state index contributed by atoms with van der Waals surface area (Å²) in [6.07, 6.45) is 4.28. The highest BCUT2D eigenvalue weighted by molar-refractivity contribution is 6.15. The molecule has 1 aromatic carbocycles. The molecule has 100 valence electrons. The molecule has 0 saturated carbocycles. The van der Waals surface area contributed by atoms with Gasteiger partial charge in [0.25, 0.3) is 0 Å². The Labute approximate surface area is 112 Å². The van der Waals surface area contributed by atoms with Gasteiger partial charge in [0.05, 0.1) is 14.2 Å². The van der Waals surface area contributed by atoms with Crippen molar-refractivity contribution >= 4 is 11.8 Å². The number of carbonyl (C=O) groups excluding carboxylic acids is 2. The monoisotopic (exact) mass is 260 g/mol. The molecule has 1 atom stereocenters. The Morgan fingerprint density at radius 3 is 2.63 bits per heavy atom. The maximum Gasteiger partial charge on any atom is 0.324 e. The molecule has 0 N–H and O–H groups in total. The number of allylic oxidation sites excluding steroid dienone is 2. The average molecular weight is 260 g/mol. The minimum Gasteiger partial charge on any atom is -0.496 e. The zero-order chi connectivity index (χ0) is 13.9. The number of benzene rings is 1. The van der Waals surface area contributed by atoms with Crippen LogP contribution in [0.3, 0.4) is 0 Å². The van der Waals surface area contributed by atoms with E-state index < -0.39 is 11.4 Å². The summed E-state index contributed by atoms with van der Waals surface area (Å²) in [6, 6.07) is 7.07. The predicted molar refractivity (Wildman–Crippen MR) is 70.1 cm³/mol. The van der Waals surface area contributed by atoms with Gasteiger partial charge in [0, 0.05) is 5.56 Å². The van der Waals surface area contributed by atoms with Gasteiger partial charge in [-0.05, 0) is 25.0 Å². The Morgan fingerprint density at radius 2 is 2.00 bits per heavy atom. The van der Waals surface area contributed by atoms with Gasteiger partial charge in [0.15, 0.2) is 11.2 Å². The lowest BCUT2D eigenvalue weighted by atomic mass is 9.70. The van der Waals surface area contributed by atoms with Crippen molar-refractivity contribution in [3.05, 3.63) is 42.0 Å². The summed E-state index contributed by atoms with van der Waals surface area (Å²) in [6.45, 7) is 0. The Hall–Kier alpha value is -2.10. The molecule has 0 aliphatic heterocycles. The first-order valence-corrected chi connectivity index (χ1v) is 6.09. The molecule has 0 saturated heterocycles. The normalized spacial score (nSPS) is 22.1. The van der Waals surface area contributed by atoms with Crippen LogP contribution in [0, 0.1) is 0 Å². The largest absolute Gasteiger partial charge is 0.496 e. The lowest BCUT2D eigenvalue weighted by Crippen LogP contribution is -2.45. The van der Waals surface area contributed by atoms with Crippen LogP contribution in [0.15, 0.2) is 36.4 Å². The number of ketones is 1. The van der Waals surface area contributed by atoms with Gasteiger partial charge < -0.3 is 9.47 Å². The number of methoxy groups -OCH3 is 2. The van der Waals surface area contributed by atoms with E-state index in [1.807, 2.05) is 0 Å². The van der Waals surface area contributed by atoms with E-state index in [0.717, 1.165) is 0 Å². The standard InChI is InChI=1S/C15H16O4/c1-18-12-8-4-3-7-11(12)15(14(17)19-2)10-6-5-9-13(15)16/h3-5,7-9H,6,10H2,1-2H3/t15-/m0/s1. The second-order valence-electron chi connectivity index (χ2n) is 4.40. The molecule has 1 aromatic rings. The highest BCUT2D eigenvalue weighted by atomic mass is 16.5. The Balaban J connectivity index is 2.65. The van der Waals surface area contributed by atoms with Crippen molar-refractivity contribution in [3.63, 3.8) is 0 Å². The van der Waals surface area contributed by atoms with Crippen molar-refractivity contribution in [1.82, 2.24) is 0 Å². The molecule has 1 aliphatic rings. The van der Waals surface area contributed by atoms with E-state index in [1.54, 1.807) is 30.3 Å². The van der Waals surface area contributed by atoms with Crippen LogP contribution in [-0.2, 0) is 19.7 Å². The second kappa shape index (κ2) is 5.26. The molecular formula is C15H16O4. The fourth-order valence-electron chi connectivity index (χ4n) is 2.51. The number of ether oxygens (including phenoxy) is 2. The zero-order valence-corrected chi connectivity index (χ0v) is 11.0. The zero-order valence-electron chi connectivity index (χ0n) is 11.0. The van der Waals surface area contributed by atoms with E-state index in [2.05, 4.69) is 0 Å². The highest BCUT2D eigenvalue weighted by Crippen LogP contribution is 2.40. The van der Waals surface area contributed by atoms with Crippen LogP contribution in [0.5, 0.6) is 5.75 Å². The van der Waals surface area contributed by atoms with Gasteiger partial charge in [-0.25, -0.2) is 0 Å². The van der Waals surface area contributed by atoms with Crippen molar-refractivity contribution in [2.75, 3.05) is 14.2 Å². The molecule has 0 fully saturated rings. The van der Waals surface area contributed by atoms with Gasteiger partial charge in [-0.3, -0.25) is 9.59 Å². The molecule has 19 heavy (non-hydrogen) atoms. The molecule has 0 amide bonds. The third-order valence-electron chi connectivity index (χ3n) is 3.48. The van der Waals surface area contributed by atoms with Gasteiger partial charge in [0.1, 0.15) is 5.75 Å². The number of hydrogen-bond donors (Lipinski definition) is 0. The van der Waals surface area contributed by atoms with Crippen molar-refractivity contribution in [1.29, 1.82) is 0 Å². The molecule has 0 bridgehead atoms. The smallest absolute Gasteiger partial charge is 0.324 e. The van der Waals surface area contributed by atoms with Crippen molar-refractivity contribution in [3.8, 4) is 5.75 Å². The third kappa shape index (κ3) is 2.03. The Morgan fingerprint density at radius 1 is 1.26 bits per heavy atom. The van der Waals surface area contributed by atoms with Crippen molar-refractivity contribution < 1.29 is 19.1 Å². The van der Waals surface area contributed by atoms with Gasteiger partial charge in [0.2, 0.25) is 0 Å². The van der Waals surface area contributed by atoms with E-state index >= 15 is 0 Å². The van der Waals surface area contributed by atoms with Crippen LogP contribution in [0.2, 0.25) is 0 Å². The highest BCUT2D eigenvalue weighted by Gasteiger charge is 2.49. The third-order valence-corrected chi connectivity index (χ3v) is 3.48. The van der Waals surface area contributed by atoms with Crippen LogP contribution in [-0.4, -0.2) is 26.0 Å². The maximum atomic E-state index is 12.3. The molecule has 2 rings (SSSR count). The summed E-state index contributed by atoms with van der Waals surface area (Å²) < 4.78 is 10.2. The number of esters is 1. The van der Waals surface area contributed by atoms with Crippen LogP contribution in [0.1, 0.15) is 18.4 Å². The van der Waals surface area contributed by atoms with Crippen LogP contribution < -0.4 is 4.74 Å². The van der Waals surface area contributed by atoms with Crippen molar-refractivity contribution in [2.45, 2.75) is 18.3 Å². The number of para-hydroxylation sites is 1. The lowest BCUT2D eigenvalue weighted by Gasteiger charge is -2.31. The van der Waals surface area contributed by atoms with Crippen LogP contribution in [0.4, 0.5) is 0 Å². The molecule has 1 aliphatic carbocycles. The number of hydrogen-bond acceptors (Lipinski definition) is 4. The minimum absolute atomic E-state index is 0.255. The van der Waals surface area contributed by atoms with E-state index in [0.29, 0.717) is 24.2 Å². The summed E-state index contributed by atoms with van der Waals surface area (Å²) >= 11 is 0. The Bertz CT molecular complexity index is 533. The first-order chi connectivity index (χ1) is 9.16. The second-order valence-corrected chi connectivity index (χ2v) is 4.40. The molecule has 4 nitrogen and oxygen atoms in total. The summed E-state index contributed by atoms with van der Waals surface area (Å²) in [4.78, 5) is 24.6. The lowest BCUT2D eigenvalue weighted by molar-refractivity contribution is -0.151. The van der Waals surface area contributed by atoms with Crippen LogP contribution in [0.25, 0.3) is 0 Å².